The van der Waals surface area contributed by atoms with Crippen LogP contribution in [0.1, 0.15) is 26.2 Å². The Morgan fingerprint density at radius 1 is 1.21 bits per heavy atom. The summed E-state index contributed by atoms with van der Waals surface area (Å²) in [6, 6.07) is 6.71. The first-order valence-electron chi connectivity index (χ1n) is 8.54. The minimum absolute atomic E-state index is 0.0988. The molecule has 0 saturated carbocycles. The van der Waals surface area contributed by atoms with Gasteiger partial charge in [0.05, 0.1) is 4.90 Å². The van der Waals surface area contributed by atoms with E-state index in [0.717, 1.165) is 25.4 Å². The fourth-order valence-electron chi connectivity index (χ4n) is 3.53. The zero-order valence-corrected chi connectivity index (χ0v) is 15.8. The Kier molecular flexibility index (Phi) is 5.35. The Hall–Kier alpha value is -0.880. The van der Waals surface area contributed by atoms with Crippen LogP contribution in [0.4, 0.5) is 0 Å². The number of rotatable bonds is 4. The minimum atomic E-state index is -3.53. The predicted octanol–water partition coefficient (Wildman–Crippen LogP) is 3.39. The highest BCUT2D eigenvalue weighted by molar-refractivity contribution is 7.89. The van der Waals surface area contributed by atoms with Crippen molar-refractivity contribution in [3.05, 3.63) is 41.4 Å². The van der Waals surface area contributed by atoms with Crippen molar-refractivity contribution in [3.8, 4) is 0 Å². The fraction of sp³-hybridized carbons (Fsp3) is 0.556. The van der Waals surface area contributed by atoms with Crippen LogP contribution in [-0.4, -0.2) is 49.8 Å². The molecule has 0 amide bonds. The summed E-state index contributed by atoms with van der Waals surface area (Å²) < 4.78 is 27.1. The highest BCUT2D eigenvalue weighted by Crippen LogP contribution is 2.28. The number of nitrogens with zero attached hydrogens (tertiary/aromatic N) is 2. The zero-order valence-electron chi connectivity index (χ0n) is 14.2. The summed E-state index contributed by atoms with van der Waals surface area (Å²) in [6.45, 7) is 4.51. The van der Waals surface area contributed by atoms with Crippen LogP contribution in [0.2, 0.25) is 5.02 Å². The Bertz CT molecular complexity index is 711. The number of halogens is 1. The van der Waals surface area contributed by atoms with Crippen LogP contribution in [0.25, 0.3) is 0 Å². The van der Waals surface area contributed by atoms with Crippen LogP contribution in [0.15, 0.2) is 41.3 Å². The number of likely N-dealkylation sites (N-methyl/N-ethyl adjacent to an activating group) is 1. The molecule has 1 aliphatic heterocycles. The van der Waals surface area contributed by atoms with E-state index in [1.54, 1.807) is 25.2 Å². The van der Waals surface area contributed by atoms with Crippen molar-refractivity contribution in [2.75, 3.05) is 20.1 Å². The molecule has 1 aromatic carbocycles. The molecule has 24 heavy (non-hydrogen) atoms. The molecule has 1 aliphatic carbocycles. The van der Waals surface area contributed by atoms with E-state index in [1.807, 2.05) is 6.08 Å². The number of sulfonamides is 1. The van der Waals surface area contributed by atoms with Gasteiger partial charge in [-0.3, -0.25) is 4.90 Å². The van der Waals surface area contributed by atoms with E-state index in [1.165, 1.54) is 23.2 Å². The first-order chi connectivity index (χ1) is 11.4. The Labute approximate surface area is 150 Å². The number of hydrogen-bond donors (Lipinski definition) is 0. The maximum atomic E-state index is 12.8. The number of hydrogen-bond acceptors (Lipinski definition) is 3. The third-order valence-electron chi connectivity index (χ3n) is 5.27. The van der Waals surface area contributed by atoms with Crippen LogP contribution in [0.3, 0.4) is 0 Å². The van der Waals surface area contributed by atoms with Crippen molar-refractivity contribution < 1.29 is 8.42 Å². The van der Waals surface area contributed by atoms with Gasteiger partial charge in [-0.1, -0.05) is 36.7 Å². The van der Waals surface area contributed by atoms with Crippen LogP contribution in [-0.2, 0) is 10.0 Å². The van der Waals surface area contributed by atoms with E-state index in [4.69, 9.17) is 11.6 Å². The van der Waals surface area contributed by atoms with Crippen LogP contribution >= 0.6 is 11.6 Å². The van der Waals surface area contributed by atoms with Crippen LogP contribution in [0.5, 0.6) is 0 Å². The summed E-state index contributed by atoms with van der Waals surface area (Å²) in [6.07, 6.45) is 7.48. The topological polar surface area (TPSA) is 40.6 Å². The molecule has 132 valence electrons. The van der Waals surface area contributed by atoms with Gasteiger partial charge in [-0.15, -0.1) is 0 Å². The van der Waals surface area contributed by atoms with E-state index < -0.39 is 10.0 Å². The number of likely N-dealkylation sites (tertiary alicyclic amines) is 1. The lowest BCUT2D eigenvalue weighted by molar-refractivity contribution is 0.153. The van der Waals surface area contributed by atoms with Crippen molar-refractivity contribution in [2.24, 2.45) is 5.92 Å². The molecule has 4 nitrogen and oxygen atoms in total. The smallest absolute Gasteiger partial charge is 0.243 e. The molecule has 1 fully saturated rings. The van der Waals surface area contributed by atoms with Crippen LogP contribution in [0, 0.1) is 5.92 Å². The molecule has 2 aliphatic rings. The third kappa shape index (κ3) is 3.69. The Balaban J connectivity index is 1.68. The highest BCUT2D eigenvalue weighted by Gasteiger charge is 2.33. The second kappa shape index (κ2) is 7.16. The molecule has 6 heteroatoms. The maximum absolute atomic E-state index is 12.8. The fourth-order valence-corrected chi connectivity index (χ4v) is 5.16. The summed E-state index contributed by atoms with van der Waals surface area (Å²) in [5.41, 5.74) is 0. The van der Waals surface area contributed by atoms with E-state index in [2.05, 4.69) is 17.9 Å². The van der Waals surface area contributed by atoms with E-state index in [0.29, 0.717) is 11.1 Å². The van der Waals surface area contributed by atoms with Gasteiger partial charge in [0.2, 0.25) is 10.0 Å². The lowest BCUT2D eigenvalue weighted by Crippen LogP contribution is -2.42. The van der Waals surface area contributed by atoms with Gasteiger partial charge in [-0.2, -0.15) is 4.31 Å². The number of benzene rings is 1. The van der Waals surface area contributed by atoms with E-state index in [-0.39, 0.29) is 10.9 Å². The standard InChI is InChI=1S/C18H25ClN2O2S/c1-14-8-10-21(11-9-14)17-7-6-16(13-17)20(2)24(22,23)18-5-3-4-15(19)12-18/h3-7,12,14,16-17H,8-11,13H2,1-2H3/t16-,17+/m1/s1. The minimum Gasteiger partial charge on any atom is -0.297 e. The third-order valence-corrected chi connectivity index (χ3v) is 7.38. The molecule has 1 heterocycles. The normalized spacial score (nSPS) is 26.3. The molecule has 3 rings (SSSR count). The van der Waals surface area contributed by atoms with Gasteiger partial charge in [0.1, 0.15) is 0 Å². The van der Waals surface area contributed by atoms with Gasteiger partial charge in [-0.05, 0) is 56.5 Å². The highest BCUT2D eigenvalue weighted by atomic mass is 35.5. The lowest BCUT2D eigenvalue weighted by atomic mass is 9.97. The predicted molar refractivity (Wildman–Crippen MR) is 97.7 cm³/mol. The number of piperidine rings is 1. The average Bonchev–Trinajstić information content (AvgIpc) is 3.04. The largest absolute Gasteiger partial charge is 0.297 e. The van der Waals surface area contributed by atoms with E-state index >= 15 is 0 Å². The van der Waals surface area contributed by atoms with Crippen molar-refractivity contribution in [1.29, 1.82) is 0 Å². The second-order valence-corrected chi connectivity index (χ2v) is 9.39. The van der Waals surface area contributed by atoms with Crippen molar-refractivity contribution in [3.63, 3.8) is 0 Å². The maximum Gasteiger partial charge on any atom is 0.243 e. The summed E-state index contributed by atoms with van der Waals surface area (Å²) in [5.74, 6) is 0.799. The van der Waals surface area contributed by atoms with Crippen molar-refractivity contribution >= 4 is 21.6 Å². The molecule has 0 radical (unpaired) electrons. The molecule has 1 aromatic rings. The summed E-state index contributed by atoms with van der Waals surface area (Å²) in [5, 5.41) is 0.437. The van der Waals surface area contributed by atoms with Crippen molar-refractivity contribution in [1.82, 2.24) is 9.21 Å². The summed E-state index contributed by atoms with van der Waals surface area (Å²) >= 11 is 5.95. The molecule has 0 spiro atoms. The molecular weight excluding hydrogens is 344 g/mol. The molecular formula is C18H25ClN2O2S. The van der Waals surface area contributed by atoms with Crippen molar-refractivity contribution in [2.45, 2.75) is 43.2 Å². The zero-order chi connectivity index (χ0) is 17.3. The first kappa shape index (κ1) is 17.9. The second-order valence-electron chi connectivity index (χ2n) is 6.95. The monoisotopic (exact) mass is 368 g/mol. The van der Waals surface area contributed by atoms with Gasteiger partial charge >= 0.3 is 0 Å². The molecule has 1 saturated heterocycles. The van der Waals surface area contributed by atoms with Gasteiger partial charge in [0.15, 0.2) is 0 Å². The van der Waals surface area contributed by atoms with Gasteiger partial charge in [0.25, 0.3) is 0 Å². The Morgan fingerprint density at radius 2 is 1.92 bits per heavy atom. The Morgan fingerprint density at radius 3 is 2.58 bits per heavy atom. The summed E-state index contributed by atoms with van der Waals surface area (Å²) in [4.78, 5) is 2.73. The SMILES string of the molecule is CC1CCN([C@H]2C=C[C@@H](N(C)S(=O)(=O)c3cccc(Cl)c3)C2)CC1. The van der Waals surface area contributed by atoms with Gasteiger partial charge in [-0.25, -0.2) is 8.42 Å². The molecule has 0 unspecified atom stereocenters. The van der Waals surface area contributed by atoms with Gasteiger partial charge < -0.3 is 0 Å². The molecule has 0 bridgehead atoms. The first-order valence-corrected chi connectivity index (χ1v) is 10.4. The molecule has 0 aromatic heterocycles. The summed E-state index contributed by atoms with van der Waals surface area (Å²) in [7, 11) is -1.87. The van der Waals surface area contributed by atoms with Crippen LogP contribution < -0.4 is 0 Å². The van der Waals surface area contributed by atoms with E-state index in [9.17, 15) is 8.42 Å². The lowest BCUT2D eigenvalue weighted by Gasteiger charge is -2.35. The average molecular weight is 369 g/mol. The van der Waals surface area contributed by atoms with Gasteiger partial charge in [0, 0.05) is 24.2 Å². The molecule has 0 N–H and O–H groups in total. The quantitative estimate of drug-likeness (QED) is 0.765. The molecule has 2 atom stereocenters.